The Morgan fingerprint density at radius 1 is 1.33 bits per heavy atom. The van der Waals surface area contributed by atoms with Crippen LogP contribution in [0.1, 0.15) is 13.8 Å². The van der Waals surface area contributed by atoms with Gasteiger partial charge in [-0.3, -0.25) is 0 Å². The van der Waals surface area contributed by atoms with Gasteiger partial charge in [0.2, 0.25) is 0 Å². The molecule has 0 fully saturated rings. The van der Waals surface area contributed by atoms with E-state index in [4.69, 9.17) is 5.73 Å². The van der Waals surface area contributed by atoms with Crippen molar-refractivity contribution in [1.29, 1.82) is 0 Å². The van der Waals surface area contributed by atoms with Crippen molar-refractivity contribution < 1.29 is 0 Å². The Hall–Kier alpha value is -1.66. The maximum Gasteiger partial charge on any atom is 0.136 e. The van der Waals surface area contributed by atoms with Crippen molar-refractivity contribution in [3.05, 3.63) is 29.9 Å². The molecule has 0 bridgehead atoms. The van der Waals surface area contributed by atoms with Crippen LogP contribution in [0.25, 0.3) is 0 Å². The van der Waals surface area contributed by atoms with E-state index in [1.54, 1.807) is 11.3 Å². The number of hydrogen-bond donors (Lipinski definition) is 3. The van der Waals surface area contributed by atoms with Crippen LogP contribution in [0.5, 0.6) is 0 Å². The molecule has 5 nitrogen and oxygen atoms in total. The Balaban J connectivity index is 2.10. The van der Waals surface area contributed by atoms with Gasteiger partial charge in [0.15, 0.2) is 0 Å². The molecule has 0 unspecified atom stereocenters. The maximum absolute atomic E-state index is 5.68. The monoisotopic (exact) mass is 263 g/mol. The summed E-state index contributed by atoms with van der Waals surface area (Å²) in [5, 5.41) is 9.57. The maximum atomic E-state index is 5.68. The lowest BCUT2D eigenvalue weighted by Gasteiger charge is -2.24. The van der Waals surface area contributed by atoms with E-state index in [2.05, 4.69) is 20.6 Å². The minimum Gasteiger partial charge on any atom is -0.364 e. The predicted octanol–water partition coefficient (Wildman–Crippen LogP) is 2.43. The van der Waals surface area contributed by atoms with Crippen molar-refractivity contribution >= 4 is 28.0 Å². The van der Waals surface area contributed by atoms with Crippen LogP contribution < -0.4 is 16.4 Å². The number of anilines is 3. The zero-order chi connectivity index (χ0) is 13.0. The summed E-state index contributed by atoms with van der Waals surface area (Å²) in [5.74, 6) is 1.53. The van der Waals surface area contributed by atoms with Crippen LogP contribution in [0.4, 0.5) is 16.6 Å². The van der Waals surface area contributed by atoms with Gasteiger partial charge in [-0.2, -0.15) is 0 Å². The first-order valence-corrected chi connectivity index (χ1v) is 6.58. The molecule has 2 heterocycles. The van der Waals surface area contributed by atoms with E-state index in [1.165, 1.54) is 6.33 Å². The average molecular weight is 263 g/mol. The van der Waals surface area contributed by atoms with Gasteiger partial charge < -0.3 is 16.4 Å². The highest BCUT2D eigenvalue weighted by molar-refractivity contribution is 7.14. The SMILES string of the molecule is CC(C)(CN)Nc1cc(Nc2cccs2)ncn1. The Kier molecular flexibility index (Phi) is 3.78. The molecule has 0 aliphatic heterocycles. The van der Waals surface area contributed by atoms with Crippen LogP contribution >= 0.6 is 11.3 Å². The van der Waals surface area contributed by atoms with E-state index in [1.807, 2.05) is 37.4 Å². The lowest BCUT2D eigenvalue weighted by atomic mass is 10.1. The number of hydrogen-bond acceptors (Lipinski definition) is 6. The van der Waals surface area contributed by atoms with Crippen molar-refractivity contribution in [2.45, 2.75) is 19.4 Å². The Morgan fingerprint density at radius 3 is 2.78 bits per heavy atom. The number of rotatable bonds is 5. The van der Waals surface area contributed by atoms with Crippen molar-refractivity contribution in [3.8, 4) is 0 Å². The molecule has 0 aromatic carbocycles. The van der Waals surface area contributed by atoms with Gasteiger partial charge >= 0.3 is 0 Å². The van der Waals surface area contributed by atoms with E-state index in [9.17, 15) is 0 Å². The lowest BCUT2D eigenvalue weighted by molar-refractivity contribution is 0.577. The van der Waals surface area contributed by atoms with E-state index < -0.39 is 0 Å². The van der Waals surface area contributed by atoms with Gasteiger partial charge in [0, 0.05) is 18.2 Å². The fourth-order valence-electron chi connectivity index (χ4n) is 1.37. The second kappa shape index (κ2) is 5.32. The summed E-state index contributed by atoms with van der Waals surface area (Å²) in [6.45, 7) is 4.59. The summed E-state index contributed by atoms with van der Waals surface area (Å²) in [7, 11) is 0. The van der Waals surface area contributed by atoms with Gasteiger partial charge in [0.1, 0.15) is 18.0 Å². The molecule has 2 rings (SSSR count). The van der Waals surface area contributed by atoms with Gasteiger partial charge in [0.25, 0.3) is 0 Å². The molecule has 96 valence electrons. The molecule has 0 atom stereocenters. The number of nitrogens with one attached hydrogen (secondary N) is 2. The van der Waals surface area contributed by atoms with E-state index in [-0.39, 0.29) is 5.54 Å². The lowest BCUT2D eigenvalue weighted by Crippen LogP contribution is -2.39. The smallest absolute Gasteiger partial charge is 0.136 e. The van der Waals surface area contributed by atoms with Gasteiger partial charge in [-0.15, -0.1) is 11.3 Å². The van der Waals surface area contributed by atoms with Crippen LogP contribution in [-0.2, 0) is 0 Å². The summed E-state index contributed by atoms with van der Waals surface area (Å²) >= 11 is 1.63. The van der Waals surface area contributed by atoms with Gasteiger partial charge in [-0.1, -0.05) is 0 Å². The normalized spacial score (nSPS) is 11.3. The standard InChI is InChI=1S/C12H17N5S/c1-12(2,7-13)17-10-6-9(14-8-15-10)16-11-4-3-5-18-11/h3-6,8H,7,13H2,1-2H3,(H2,14,15,16,17). The van der Waals surface area contributed by atoms with E-state index in [0.717, 1.165) is 16.6 Å². The molecule has 0 spiro atoms. The van der Waals surface area contributed by atoms with Crippen LogP contribution in [0.2, 0.25) is 0 Å². The summed E-state index contributed by atoms with van der Waals surface area (Å²) in [4.78, 5) is 8.37. The van der Waals surface area contributed by atoms with Crippen LogP contribution in [0.3, 0.4) is 0 Å². The van der Waals surface area contributed by atoms with E-state index >= 15 is 0 Å². The van der Waals surface area contributed by atoms with Crippen molar-refractivity contribution in [1.82, 2.24) is 9.97 Å². The zero-order valence-corrected chi connectivity index (χ0v) is 11.3. The largest absolute Gasteiger partial charge is 0.364 e. The van der Waals surface area contributed by atoms with Crippen LogP contribution in [0.15, 0.2) is 29.9 Å². The number of aromatic nitrogens is 2. The number of nitrogens with zero attached hydrogens (tertiary/aromatic N) is 2. The summed E-state index contributed by atoms with van der Waals surface area (Å²) < 4.78 is 0. The minimum absolute atomic E-state index is 0.186. The highest BCUT2D eigenvalue weighted by atomic mass is 32.1. The van der Waals surface area contributed by atoms with Gasteiger partial charge in [-0.05, 0) is 31.4 Å². The number of thiophene rings is 1. The van der Waals surface area contributed by atoms with Gasteiger partial charge in [-0.25, -0.2) is 9.97 Å². The fraction of sp³-hybridized carbons (Fsp3) is 0.333. The highest BCUT2D eigenvalue weighted by Crippen LogP contribution is 2.21. The molecular weight excluding hydrogens is 246 g/mol. The summed E-state index contributed by atoms with van der Waals surface area (Å²) in [6, 6.07) is 5.87. The molecule has 2 aromatic heterocycles. The summed E-state index contributed by atoms with van der Waals surface area (Å²) in [5.41, 5.74) is 5.50. The molecule has 2 aromatic rings. The Morgan fingerprint density at radius 2 is 2.11 bits per heavy atom. The quantitative estimate of drug-likeness (QED) is 0.772. The second-order valence-electron chi connectivity index (χ2n) is 4.60. The minimum atomic E-state index is -0.186. The molecule has 18 heavy (non-hydrogen) atoms. The molecule has 0 amide bonds. The molecular formula is C12H17N5S. The first kappa shape index (κ1) is 12.8. The highest BCUT2D eigenvalue weighted by Gasteiger charge is 2.15. The van der Waals surface area contributed by atoms with Crippen molar-refractivity contribution in [2.24, 2.45) is 5.73 Å². The second-order valence-corrected chi connectivity index (χ2v) is 5.55. The molecule has 6 heteroatoms. The van der Waals surface area contributed by atoms with Crippen LogP contribution in [0, 0.1) is 0 Å². The molecule has 0 aliphatic carbocycles. The predicted molar refractivity (Wildman–Crippen MR) is 76.4 cm³/mol. The Labute approximate surface area is 110 Å². The Bertz CT molecular complexity index is 495. The molecule has 0 saturated carbocycles. The van der Waals surface area contributed by atoms with E-state index in [0.29, 0.717) is 6.54 Å². The third kappa shape index (κ3) is 3.41. The third-order valence-corrected chi connectivity index (χ3v) is 3.20. The fourth-order valence-corrected chi connectivity index (χ4v) is 1.99. The molecule has 0 radical (unpaired) electrons. The molecule has 0 aliphatic rings. The molecule has 0 saturated heterocycles. The molecule has 4 N–H and O–H groups in total. The zero-order valence-electron chi connectivity index (χ0n) is 10.5. The van der Waals surface area contributed by atoms with Gasteiger partial charge in [0.05, 0.1) is 5.00 Å². The third-order valence-electron chi connectivity index (χ3n) is 2.42. The summed E-state index contributed by atoms with van der Waals surface area (Å²) in [6.07, 6.45) is 1.53. The van der Waals surface area contributed by atoms with Crippen molar-refractivity contribution in [3.63, 3.8) is 0 Å². The average Bonchev–Trinajstić information content (AvgIpc) is 2.82. The first-order valence-electron chi connectivity index (χ1n) is 5.70. The van der Waals surface area contributed by atoms with Crippen molar-refractivity contribution in [2.75, 3.05) is 17.2 Å². The first-order chi connectivity index (χ1) is 8.59. The van der Waals surface area contributed by atoms with Crippen LogP contribution in [-0.4, -0.2) is 22.1 Å². The number of nitrogens with two attached hydrogens (primary N) is 1. The topological polar surface area (TPSA) is 75.9 Å².